The van der Waals surface area contributed by atoms with Crippen molar-refractivity contribution in [2.45, 2.75) is 32.4 Å². The lowest BCUT2D eigenvalue weighted by molar-refractivity contribution is -0.122. The van der Waals surface area contributed by atoms with Gasteiger partial charge in [0.2, 0.25) is 11.8 Å². The third-order valence-corrected chi connectivity index (χ3v) is 8.30. The molecule has 2 heterocycles. The first-order valence-electron chi connectivity index (χ1n) is 13.2. The molecule has 1 N–H and O–H groups in total. The number of hydrogen-bond acceptors (Lipinski definition) is 4. The van der Waals surface area contributed by atoms with Gasteiger partial charge in [0.15, 0.2) is 0 Å². The Bertz CT molecular complexity index is 1570. The average Bonchev–Trinajstić information content (AvgIpc) is 3.27. The Hall–Kier alpha value is -3.98. The fourth-order valence-corrected chi connectivity index (χ4v) is 6.10. The van der Waals surface area contributed by atoms with Crippen LogP contribution < -0.4 is 10.2 Å². The first-order chi connectivity index (χ1) is 19.3. The van der Waals surface area contributed by atoms with Crippen molar-refractivity contribution < 1.29 is 18.4 Å². The van der Waals surface area contributed by atoms with Crippen LogP contribution in [0.5, 0.6) is 0 Å². The van der Waals surface area contributed by atoms with Gasteiger partial charge in [0.25, 0.3) is 0 Å². The first kappa shape index (κ1) is 27.6. The maximum absolute atomic E-state index is 15.3. The minimum Gasteiger partial charge on any atom is -0.355 e. The number of aromatic nitrogens is 2. The molecule has 1 aliphatic heterocycles. The summed E-state index contributed by atoms with van der Waals surface area (Å²) in [6.07, 6.45) is 0.755. The zero-order valence-corrected chi connectivity index (χ0v) is 23.4. The maximum atomic E-state index is 15.3. The van der Waals surface area contributed by atoms with E-state index < -0.39 is 16.9 Å². The first-order valence-corrected chi connectivity index (χ1v) is 14.2. The summed E-state index contributed by atoms with van der Waals surface area (Å²) in [5, 5.41) is 7.21. The predicted octanol–water partition coefficient (Wildman–Crippen LogP) is 6.13. The molecule has 5 rings (SSSR count). The summed E-state index contributed by atoms with van der Waals surface area (Å²) in [6, 6.07) is 18.8. The van der Waals surface area contributed by atoms with Crippen molar-refractivity contribution in [1.82, 2.24) is 15.1 Å². The van der Waals surface area contributed by atoms with Gasteiger partial charge in [-0.3, -0.25) is 14.5 Å². The number of amides is 2. The number of nitrogens with zero attached hydrogens (tertiary/aromatic N) is 3. The third kappa shape index (κ3) is 5.25. The molecule has 1 atom stereocenters. The van der Waals surface area contributed by atoms with E-state index in [0.29, 0.717) is 23.6 Å². The predicted molar refractivity (Wildman–Crippen MR) is 155 cm³/mol. The highest BCUT2D eigenvalue weighted by Crippen LogP contribution is 2.49. The van der Waals surface area contributed by atoms with Gasteiger partial charge < -0.3 is 5.32 Å². The average molecular weight is 561 g/mol. The lowest BCUT2D eigenvalue weighted by atomic mass is 9.99. The van der Waals surface area contributed by atoms with E-state index in [1.54, 1.807) is 4.68 Å². The molecule has 9 heteroatoms. The van der Waals surface area contributed by atoms with Crippen LogP contribution in [0.2, 0.25) is 0 Å². The van der Waals surface area contributed by atoms with Crippen molar-refractivity contribution in [2.24, 2.45) is 0 Å². The van der Waals surface area contributed by atoms with E-state index in [2.05, 4.69) is 5.32 Å². The molecular formula is C31H30F2N4O2S. The normalized spacial score (nSPS) is 15.1. The van der Waals surface area contributed by atoms with Crippen LogP contribution in [0.4, 0.5) is 14.6 Å². The minimum atomic E-state index is -0.705. The Morgan fingerprint density at radius 2 is 1.85 bits per heavy atom. The number of anilines is 1. The molecule has 2 amide bonds. The molecule has 0 unspecified atom stereocenters. The molecule has 0 fully saturated rings. The molecule has 4 aromatic rings. The number of nitrogens with one attached hydrogen (secondary N) is 1. The second kappa shape index (κ2) is 11.6. The van der Waals surface area contributed by atoms with E-state index in [0.717, 1.165) is 34.9 Å². The number of rotatable bonds is 7. The molecule has 0 saturated heterocycles. The molecule has 40 heavy (non-hydrogen) atoms. The Morgan fingerprint density at radius 3 is 2.58 bits per heavy atom. The Labute approximate surface area is 236 Å². The van der Waals surface area contributed by atoms with Crippen molar-refractivity contribution >= 4 is 29.4 Å². The Kier molecular flexibility index (Phi) is 8.02. The largest absolute Gasteiger partial charge is 0.355 e. The molecule has 1 aromatic heterocycles. The second-order valence-electron chi connectivity index (χ2n) is 9.77. The molecule has 1 aliphatic rings. The molecular weight excluding hydrogens is 530 g/mol. The van der Waals surface area contributed by atoms with Crippen molar-refractivity contribution in [3.05, 3.63) is 101 Å². The van der Waals surface area contributed by atoms with Gasteiger partial charge in [-0.1, -0.05) is 55.5 Å². The number of thioether (sulfide) groups is 1. The molecule has 0 aliphatic carbocycles. The van der Waals surface area contributed by atoms with Gasteiger partial charge in [-0.25, -0.2) is 13.5 Å². The van der Waals surface area contributed by atoms with Gasteiger partial charge in [-0.05, 0) is 43.5 Å². The summed E-state index contributed by atoms with van der Waals surface area (Å²) >= 11 is 1.24. The van der Waals surface area contributed by atoms with Crippen molar-refractivity contribution in [3.63, 3.8) is 0 Å². The molecule has 0 radical (unpaired) electrons. The molecule has 0 spiro atoms. The van der Waals surface area contributed by atoms with Crippen LogP contribution in [-0.2, 0) is 9.59 Å². The van der Waals surface area contributed by atoms with E-state index >= 15 is 4.39 Å². The monoisotopic (exact) mass is 560 g/mol. The minimum absolute atomic E-state index is 0.00174. The van der Waals surface area contributed by atoms with Crippen LogP contribution in [0, 0.1) is 25.5 Å². The van der Waals surface area contributed by atoms with Crippen LogP contribution in [0.15, 0.2) is 66.7 Å². The fourth-order valence-electron chi connectivity index (χ4n) is 4.89. The topological polar surface area (TPSA) is 67.2 Å². The van der Waals surface area contributed by atoms with E-state index in [9.17, 15) is 14.0 Å². The molecule has 0 saturated carbocycles. The number of halogens is 2. The van der Waals surface area contributed by atoms with Crippen LogP contribution >= 0.6 is 11.8 Å². The SMILES string of the molecule is CCCNC(=O)CN1C(=O)CS[C@@H](c2ccc(F)cc2F)c2c(-c3ccccc3)nn(-c3cccc(C)c3C)c21. The van der Waals surface area contributed by atoms with E-state index in [-0.39, 0.29) is 29.7 Å². The van der Waals surface area contributed by atoms with Crippen LogP contribution in [0.3, 0.4) is 0 Å². The van der Waals surface area contributed by atoms with Crippen molar-refractivity contribution in [3.8, 4) is 16.9 Å². The quantitative estimate of drug-likeness (QED) is 0.295. The lowest BCUT2D eigenvalue weighted by Crippen LogP contribution is -2.42. The number of aryl methyl sites for hydroxylation is 1. The lowest BCUT2D eigenvalue weighted by Gasteiger charge is -2.24. The highest BCUT2D eigenvalue weighted by Gasteiger charge is 2.38. The van der Waals surface area contributed by atoms with E-state index in [4.69, 9.17) is 5.10 Å². The molecule has 6 nitrogen and oxygen atoms in total. The second-order valence-corrected chi connectivity index (χ2v) is 10.9. The van der Waals surface area contributed by atoms with Gasteiger partial charge in [-0.2, -0.15) is 5.10 Å². The number of hydrogen-bond donors (Lipinski definition) is 1. The smallest absolute Gasteiger partial charge is 0.240 e. The highest BCUT2D eigenvalue weighted by molar-refractivity contribution is 8.00. The van der Waals surface area contributed by atoms with Gasteiger partial charge in [0.1, 0.15) is 24.0 Å². The van der Waals surface area contributed by atoms with E-state index in [1.165, 1.54) is 28.8 Å². The number of fused-ring (bicyclic) bond motifs is 1. The van der Waals surface area contributed by atoms with Gasteiger partial charge >= 0.3 is 0 Å². The Balaban J connectivity index is 1.83. The summed E-state index contributed by atoms with van der Waals surface area (Å²) in [4.78, 5) is 28.2. The number of carbonyl (C=O) groups is 2. The van der Waals surface area contributed by atoms with Crippen LogP contribution in [0.1, 0.15) is 40.8 Å². The maximum Gasteiger partial charge on any atom is 0.240 e. The van der Waals surface area contributed by atoms with E-state index in [1.807, 2.05) is 69.3 Å². The van der Waals surface area contributed by atoms with Gasteiger partial charge in [-0.15, -0.1) is 11.8 Å². The van der Waals surface area contributed by atoms with Crippen molar-refractivity contribution in [1.29, 1.82) is 0 Å². The number of benzene rings is 3. The molecule has 206 valence electrons. The fraction of sp³-hybridized carbons (Fsp3) is 0.258. The third-order valence-electron chi connectivity index (χ3n) is 7.06. The van der Waals surface area contributed by atoms with Crippen LogP contribution in [-0.4, -0.2) is 40.4 Å². The summed E-state index contributed by atoms with van der Waals surface area (Å²) in [5.41, 5.74) is 4.91. The Morgan fingerprint density at radius 1 is 1.07 bits per heavy atom. The number of carbonyl (C=O) groups excluding carboxylic acids is 2. The summed E-state index contributed by atoms with van der Waals surface area (Å²) in [6.45, 7) is 6.19. The highest BCUT2D eigenvalue weighted by atomic mass is 32.2. The summed E-state index contributed by atoms with van der Waals surface area (Å²) in [5.74, 6) is -1.58. The zero-order valence-electron chi connectivity index (χ0n) is 22.6. The van der Waals surface area contributed by atoms with Crippen LogP contribution in [0.25, 0.3) is 16.9 Å². The standard InChI is InChI=1S/C31H30F2N4O2S/c1-4-15-34-26(38)17-36-27(39)18-40-30(23-14-13-22(32)16-24(23)33)28-29(21-10-6-5-7-11-21)35-37(31(28)36)25-12-8-9-19(2)20(25)3/h5-14,16,30H,4,15,17-18H2,1-3H3,(H,34,38)/t30-/m0/s1. The van der Waals surface area contributed by atoms with Gasteiger partial charge in [0, 0.05) is 29.3 Å². The zero-order chi connectivity index (χ0) is 28.4. The molecule has 3 aromatic carbocycles. The molecule has 0 bridgehead atoms. The van der Waals surface area contributed by atoms with Crippen molar-refractivity contribution in [2.75, 3.05) is 23.7 Å². The summed E-state index contributed by atoms with van der Waals surface area (Å²) in [7, 11) is 0. The summed E-state index contributed by atoms with van der Waals surface area (Å²) < 4.78 is 31.0. The van der Waals surface area contributed by atoms with Gasteiger partial charge in [0.05, 0.1) is 22.4 Å².